The highest BCUT2D eigenvalue weighted by molar-refractivity contribution is 5.10. The molecule has 0 aromatic carbocycles. The maximum atomic E-state index is 3.45. The first-order chi connectivity index (χ1) is 4.72. The van der Waals surface area contributed by atoms with Crippen LogP contribution >= 0.6 is 0 Å². The second kappa shape index (κ2) is 1.95. The van der Waals surface area contributed by atoms with Crippen LogP contribution in [-0.4, -0.2) is 36.1 Å². The van der Waals surface area contributed by atoms with E-state index < -0.39 is 0 Å². The predicted octanol–water partition coefficient (Wildman–Crippen LogP) is 0.442. The highest BCUT2D eigenvalue weighted by atomic mass is 15.3. The van der Waals surface area contributed by atoms with Crippen molar-refractivity contribution < 1.29 is 0 Å². The van der Waals surface area contributed by atoms with Crippen molar-refractivity contribution in [3.63, 3.8) is 0 Å². The van der Waals surface area contributed by atoms with Crippen LogP contribution in [0.1, 0.15) is 20.3 Å². The van der Waals surface area contributed by atoms with Gasteiger partial charge in [-0.15, -0.1) is 0 Å². The van der Waals surface area contributed by atoms with E-state index in [0.717, 1.165) is 6.04 Å². The van der Waals surface area contributed by atoms with Crippen LogP contribution in [0.5, 0.6) is 0 Å². The molecule has 2 aliphatic rings. The first kappa shape index (κ1) is 6.62. The van der Waals surface area contributed by atoms with Gasteiger partial charge in [-0.3, -0.25) is 4.90 Å². The lowest BCUT2D eigenvalue weighted by molar-refractivity contribution is 0.270. The molecule has 2 aliphatic heterocycles. The molecule has 0 amide bonds. The zero-order valence-corrected chi connectivity index (χ0v) is 6.85. The minimum Gasteiger partial charge on any atom is -0.307 e. The van der Waals surface area contributed by atoms with E-state index in [-0.39, 0.29) is 0 Å². The summed E-state index contributed by atoms with van der Waals surface area (Å²) in [5, 5.41) is 3.45. The van der Waals surface area contributed by atoms with Crippen LogP contribution in [0.15, 0.2) is 0 Å². The topological polar surface area (TPSA) is 25.2 Å². The van der Waals surface area contributed by atoms with Crippen LogP contribution in [0, 0.1) is 0 Å². The van der Waals surface area contributed by atoms with Crippen molar-refractivity contribution in [1.82, 2.24) is 10.2 Å². The number of hydrogen-bond donors (Lipinski definition) is 1. The van der Waals surface area contributed by atoms with Gasteiger partial charge in [0.2, 0.25) is 0 Å². The van der Waals surface area contributed by atoms with Crippen molar-refractivity contribution >= 4 is 0 Å². The van der Waals surface area contributed by atoms with E-state index in [1.54, 1.807) is 0 Å². The molecule has 58 valence electrons. The lowest BCUT2D eigenvalue weighted by atomic mass is 10.1. The Labute approximate surface area is 62.6 Å². The number of hydrogen-bond acceptors (Lipinski definition) is 2. The Balaban J connectivity index is 1.93. The van der Waals surface area contributed by atoms with Gasteiger partial charge in [-0.1, -0.05) is 0 Å². The summed E-state index contributed by atoms with van der Waals surface area (Å²) in [6, 6.07) is 0.738. The molecule has 2 fully saturated rings. The van der Waals surface area contributed by atoms with E-state index in [1.807, 2.05) is 0 Å². The van der Waals surface area contributed by atoms with E-state index in [2.05, 4.69) is 24.1 Å². The third-order valence-electron chi connectivity index (χ3n) is 2.79. The molecule has 0 aliphatic carbocycles. The SMILES string of the molecule is CC(C)N1CCC2(CN2)C1. The summed E-state index contributed by atoms with van der Waals surface area (Å²) in [5.74, 6) is 0. The molecular weight excluding hydrogens is 124 g/mol. The zero-order chi connectivity index (χ0) is 7.19. The zero-order valence-electron chi connectivity index (χ0n) is 6.85. The monoisotopic (exact) mass is 140 g/mol. The van der Waals surface area contributed by atoms with E-state index in [1.165, 1.54) is 26.1 Å². The Morgan fingerprint density at radius 1 is 1.50 bits per heavy atom. The maximum absolute atomic E-state index is 3.45. The van der Waals surface area contributed by atoms with Crippen molar-refractivity contribution in [3.05, 3.63) is 0 Å². The first-order valence-corrected chi connectivity index (χ1v) is 4.21. The van der Waals surface area contributed by atoms with Gasteiger partial charge in [-0.05, 0) is 20.3 Å². The Morgan fingerprint density at radius 3 is 2.50 bits per heavy atom. The summed E-state index contributed by atoms with van der Waals surface area (Å²) >= 11 is 0. The molecule has 1 unspecified atom stereocenters. The molecule has 0 radical (unpaired) electrons. The smallest absolute Gasteiger partial charge is 0.0448 e. The van der Waals surface area contributed by atoms with Crippen LogP contribution in [0.3, 0.4) is 0 Å². The minimum absolute atomic E-state index is 0.574. The summed E-state index contributed by atoms with van der Waals surface area (Å²) in [6.45, 7) is 8.40. The van der Waals surface area contributed by atoms with Crippen LogP contribution in [0.4, 0.5) is 0 Å². The van der Waals surface area contributed by atoms with Crippen molar-refractivity contribution in [2.45, 2.75) is 31.8 Å². The molecule has 0 bridgehead atoms. The fraction of sp³-hybridized carbons (Fsp3) is 1.00. The van der Waals surface area contributed by atoms with Crippen LogP contribution < -0.4 is 5.32 Å². The van der Waals surface area contributed by atoms with Gasteiger partial charge in [0.25, 0.3) is 0 Å². The highest BCUT2D eigenvalue weighted by Gasteiger charge is 2.47. The van der Waals surface area contributed by atoms with Gasteiger partial charge < -0.3 is 5.32 Å². The lowest BCUT2D eigenvalue weighted by Gasteiger charge is -2.19. The second-order valence-corrected chi connectivity index (χ2v) is 3.95. The molecule has 2 heteroatoms. The molecule has 2 heterocycles. The van der Waals surface area contributed by atoms with E-state index in [4.69, 9.17) is 0 Å². The molecule has 10 heavy (non-hydrogen) atoms. The first-order valence-electron chi connectivity index (χ1n) is 4.21. The number of nitrogens with one attached hydrogen (secondary N) is 1. The quantitative estimate of drug-likeness (QED) is 0.535. The Hall–Kier alpha value is -0.0800. The average molecular weight is 140 g/mol. The van der Waals surface area contributed by atoms with Crippen LogP contribution in [-0.2, 0) is 0 Å². The van der Waals surface area contributed by atoms with Gasteiger partial charge in [0, 0.05) is 31.2 Å². The predicted molar refractivity (Wildman–Crippen MR) is 42.1 cm³/mol. The standard InChI is InChI=1S/C8H16N2/c1-7(2)10-4-3-8(6-10)5-9-8/h7,9H,3-6H2,1-2H3. The lowest BCUT2D eigenvalue weighted by Crippen LogP contribution is -2.30. The Kier molecular flexibility index (Phi) is 1.29. The third kappa shape index (κ3) is 0.956. The minimum atomic E-state index is 0.574. The molecule has 1 spiro atoms. The van der Waals surface area contributed by atoms with Gasteiger partial charge >= 0.3 is 0 Å². The summed E-state index contributed by atoms with van der Waals surface area (Å²) in [6.07, 6.45) is 1.37. The van der Waals surface area contributed by atoms with E-state index in [0.29, 0.717) is 5.54 Å². The summed E-state index contributed by atoms with van der Waals surface area (Å²) in [5.41, 5.74) is 0.574. The summed E-state index contributed by atoms with van der Waals surface area (Å²) in [7, 11) is 0. The van der Waals surface area contributed by atoms with Crippen molar-refractivity contribution in [3.8, 4) is 0 Å². The summed E-state index contributed by atoms with van der Waals surface area (Å²) in [4.78, 5) is 2.56. The van der Waals surface area contributed by atoms with Gasteiger partial charge in [0.05, 0.1) is 0 Å². The molecule has 2 nitrogen and oxygen atoms in total. The normalized spacial score (nSPS) is 39.9. The highest BCUT2D eigenvalue weighted by Crippen LogP contribution is 2.30. The largest absolute Gasteiger partial charge is 0.307 e. The Morgan fingerprint density at radius 2 is 2.20 bits per heavy atom. The number of rotatable bonds is 1. The van der Waals surface area contributed by atoms with E-state index in [9.17, 15) is 0 Å². The van der Waals surface area contributed by atoms with E-state index >= 15 is 0 Å². The molecule has 0 aromatic rings. The molecule has 0 aromatic heterocycles. The van der Waals surface area contributed by atoms with Gasteiger partial charge in [0.15, 0.2) is 0 Å². The average Bonchev–Trinajstić information content (AvgIpc) is 2.41. The number of likely N-dealkylation sites (tertiary alicyclic amines) is 1. The molecule has 2 saturated heterocycles. The van der Waals surface area contributed by atoms with Crippen molar-refractivity contribution in [2.24, 2.45) is 0 Å². The van der Waals surface area contributed by atoms with Gasteiger partial charge in [-0.25, -0.2) is 0 Å². The van der Waals surface area contributed by atoms with Crippen LogP contribution in [0.25, 0.3) is 0 Å². The van der Waals surface area contributed by atoms with Gasteiger partial charge in [0.1, 0.15) is 0 Å². The van der Waals surface area contributed by atoms with Crippen LogP contribution in [0.2, 0.25) is 0 Å². The van der Waals surface area contributed by atoms with Crippen molar-refractivity contribution in [1.29, 1.82) is 0 Å². The second-order valence-electron chi connectivity index (χ2n) is 3.95. The fourth-order valence-electron chi connectivity index (χ4n) is 1.76. The summed E-state index contributed by atoms with van der Waals surface area (Å²) < 4.78 is 0. The van der Waals surface area contributed by atoms with Gasteiger partial charge in [-0.2, -0.15) is 0 Å². The molecular formula is C8H16N2. The van der Waals surface area contributed by atoms with Crippen molar-refractivity contribution in [2.75, 3.05) is 19.6 Å². The molecule has 1 N–H and O–H groups in total. The molecule has 2 rings (SSSR count). The Bertz CT molecular complexity index is 138. The fourth-order valence-corrected chi connectivity index (χ4v) is 1.76. The maximum Gasteiger partial charge on any atom is 0.0448 e. The third-order valence-corrected chi connectivity index (χ3v) is 2.79. The number of nitrogens with zero attached hydrogens (tertiary/aromatic N) is 1. The molecule has 0 saturated carbocycles. The molecule has 1 atom stereocenters.